The van der Waals surface area contributed by atoms with Gasteiger partial charge in [0.05, 0.1) is 0 Å². The fraction of sp³-hybridized carbons (Fsp3) is 0.667. The molecule has 2 fully saturated rings. The van der Waals surface area contributed by atoms with Gasteiger partial charge in [0.1, 0.15) is 0 Å². The van der Waals surface area contributed by atoms with E-state index in [2.05, 4.69) is 0 Å². The summed E-state index contributed by atoms with van der Waals surface area (Å²) in [5.74, 6) is 1.00. The highest BCUT2D eigenvalue weighted by molar-refractivity contribution is 5.94. The summed E-state index contributed by atoms with van der Waals surface area (Å²) in [7, 11) is 0. The smallest absolute Gasteiger partial charge is 0.222 e. The number of ketones is 1. The summed E-state index contributed by atoms with van der Waals surface area (Å²) < 4.78 is 0. The van der Waals surface area contributed by atoms with Crippen molar-refractivity contribution in [3.8, 4) is 0 Å². The zero-order valence-electron chi connectivity index (χ0n) is 8.69. The summed E-state index contributed by atoms with van der Waals surface area (Å²) in [5.41, 5.74) is 0. The van der Waals surface area contributed by atoms with Gasteiger partial charge in [0.15, 0.2) is 5.78 Å². The quantitative estimate of drug-likeness (QED) is 0.594. The van der Waals surface area contributed by atoms with Crippen LogP contribution in [0.15, 0.2) is 12.2 Å². The van der Waals surface area contributed by atoms with Crippen LogP contribution in [0.5, 0.6) is 0 Å². The van der Waals surface area contributed by atoms with Gasteiger partial charge < -0.3 is 4.90 Å². The molecular weight excluding hydrogens is 190 g/mol. The second-order valence-electron chi connectivity index (χ2n) is 4.87. The normalized spacial score (nSPS) is 39.2. The number of fused-ring (bicyclic) bond motifs is 4. The van der Waals surface area contributed by atoms with E-state index in [-0.39, 0.29) is 23.7 Å². The van der Waals surface area contributed by atoms with Crippen LogP contribution in [0.2, 0.25) is 0 Å². The maximum atomic E-state index is 11.8. The van der Waals surface area contributed by atoms with Crippen molar-refractivity contribution in [1.29, 1.82) is 0 Å². The predicted octanol–water partition coefficient (Wildman–Crippen LogP) is 1.14. The SMILES string of the molecule is O=C1C=C[C@@H]2C[C@H]1[C@H]1CCCC(=O)N1C2. The van der Waals surface area contributed by atoms with Crippen LogP contribution in [0.3, 0.4) is 0 Å². The van der Waals surface area contributed by atoms with Gasteiger partial charge in [-0.05, 0) is 31.3 Å². The molecule has 0 radical (unpaired) electrons. The Morgan fingerprint density at radius 3 is 3.07 bits per heavy atom. The van der Waals surface area contributed by atoms with Gasteiger partial charge in [0.2, 0.25) is 5.91 Å². The van der Waals surface area contributed by atoms with Crippen molar-refractivity contribution in [3.05, 3.63) is 12.2 Å². The number of piperidine rings is 2. The third-order valence-electron chi connectivity index (χ3n) is 3.96. The summed E-state index contributed by atoms with van der Waals surface area (Å²) in [5, 5.41) is 0. The first-order valence-electron chi connectivity index (χ1n) is 5.77. The molecule has 1 amide bonds. The average molecular weight is 205 g/mol. The van der Waals surface area contributed by atoms with Crippen molar-refractivity contribution >= 4 is 11.7 Å². The van der Waals surface area contributed by atoms with Gasteiger partial charge in [0.25, 0.3) is 0 Å². The summed E-state index contributed by atoms with van der Waals surface area (Å²) in [6, 6.07) is 0.208. The van der Waals surface area contributed by atoms with E-state index in [4.69, 9.17) is 0 Å². The number of carbonyl (C=O) groups excluding carboxylic acids is 2. The number of allylic oxidation sites excluding steroid dienone is 1. The first kappa shape index (κ1) is 9.13. The summed E-state index contributed by atoms with van der Waals surface area (Å²) in [6.45, 7) is 0.837. The minimum Gasteiger partial charge on any atom is -0.338 e. The zero-order valence-corrected chi connectivity index (χ0v) is 8.69. The van der Waals surface area contributed by atoms with Gasteiger partial charge in [-0.1, -0.05) is 6.08 Å². The van der Waals surface area contributed by atoms with E-state index < -0.39 is 0 Å². The van der Waals surface area contributed by atoms with Crippen LogP contribution in [0.1, 0.15) is 25.7 Å². The van der Waals surface area contributed by atoms with E-state index in [0.29, 0.717) is 12.3 Å². The van der Waals surface area contributed by atoms with Gasteiger partial charge >= 0.3 is 0 Å². The Bertz CT molecular complexity index is 348. The molecule has 2 heterocycles. The van der Waals surface area contributed by atoms with Crippen molar-refractivity contribution in [3.63, 3.8) is 0 Å². The Morgan fingerprint density at radius 1 is 1.33 bits per heavy atom. The maximum absolute atomic E-state index is 11.8. The third kappa shape index (κ3) is 1.33. The van der Waals surface area contributed by atoms with Gasteiger partial charge in [-0.3, -0.25) is 9.59 Å². The second-order valence-corrected chi connectivity index (χ2v) is 4.87. The molecule has 0 spiro atoms. The molecule has 2 saturated heterocycles. The number of rotatable bonds is 0. The van der Waals surface area contributed by atoms with Crippen molar-refractivity contribution in [2.24, 2.45) is 11.8 Å². The Hall–Kier alpha value is -1.12. The average Bonchev–Trinajstić information content (AvgIpc) is 2.25. The highest BCUT2D eigenvalue weighted by atomic mass is 16.2. The highest BCUT2D eigenvalue weighted by Gasteiger charge is 2.43. The highest BCUT2D eigenvalue weighted by Crippen LogP contribution is 2.37. The lowest BCUT2D eigenvalue weighted by molar-refractivity contribution is -0.144. The first-order chi connectivity index (χ1) is 7.25. The largest absolute Gasteiger partial charge is 0.338 e. The Morgan fingerprint density at radius 2 is 2.20 bits per heavy atom. The van der Waals surface area contributed by atoms with E-state index in [1.54, 1.807) is 6.08 Å². The van der Waals surface area contributed by atoms with Gasteiger partial charge in [-0.15, -0.1) is 0 Å². The van der Waals surface area contributed by atoms with Crippen molar-refractivity contribution in [1.82, 2.24) is 4.90 Å². The van der Waals surface area contributed by atoms with Gasteiger partial charge in [-0.25, -0.2) is 0 Å². The predicted molar refractivity (Wildman–Crippen MR) is 55.1 cm³/mol. The first-order valence-corrected chi connectivity index (χ1v) is 5.77. The molecule has 80 valence electrons. The molecule has 0 aromatic heterocycles. The van der Waals surface area contributed by atoms with E-state index in [0.717, 1.165) is 25.8 Å². The molecule has 3 atom stereocenters. The van der Waals surface area contributed by atoms with Crippen molar-refractivity contribution < 1.29 is 9.59 Å². The summed E-state index contributed by atoms with van der Waals surface area (Å²) in [4.78, 5) is 25.5. The molecule has 1 aliphatic carbocycles. The van der Waals surface area contributed by atoms with Crippen molar-refractivity contribution in [2.75, 3.05) is 6.54 Å². The number of nitrogens with zero attached hydrogens (tertiary/aromatic N) is 1. The molecule has 3 nitrogen and oxygen atoms in total. The molecule has 0 aromatic carbocycles. The standard InChI is InChI=1S/C12H15NO2/c14-11-5-4-8-6-9(11)10-2-1-3-12(15)13(10)7-8/h4-5,8-10H,1-3,6-7H2/t8-,9+,10-/m1/s1. The van der Waals surface area contributed by atoms with Crippen molar-refractivity contribution in [2.45, 2.75) is 31.7 Å². The lowest BCUT2D eigenvalue weighted by Gasteiger charge is -2.47. The monoisotopic (exact) mass is 205 g/mol. The number of carbonyl (C=O) groups is 2. The van der Waals surface area contributed by atoms with Crippen LogP contribution in [-0.4, -0.2) is 29.2 Å². The number of hydrogen-bond donors (Lipinski definition) is 0. The van der Waals surface area contributed by atoms with Crippen LogP contribution in [-0.2, 0) is 9.59 Å². The fourth-order valence-corrected chi connectivity index (χ4v) is 3.21. The van der Waals surface area contributed by atoms with Crippen LogP contribution in [0.25, 0.3) is 0 Å². The number of amides is 1. The minimum absolute atomic E-state index is 0.0954. The second kappa shape index (κ2) is 3.19. The molecule has 2 aliphatic heterocycles. The topological polar surface area (TPSA) is 37.4 Å². The molecule has 3 heteroatoms. The molecule has 3 aliphatic rings. The molecule has 0 saturated carbocycles. The van der Waals surface area contributed by atoms with E-state index in [1.807, 2.05) is 11.0 Å². The molecule has 2 bridgehead atoms. The molecule has 3 rings (SSSR count). The molecule has 15 heavy (non-hydrogen) atoms. The Kier molecular flexibility index (Phi) is 1.94. The molecule has 0 N–H and O–H groups in total. The lowest BCUT2D eigenvalue weighted by atomic mass is 9.74. The van der Waals surface area contributed by atoms with Crippen LogP contribution in [0, 0.1) is 11.8 Å². The molecule has 0 aromatic rings. The summed E-state index contributed by atoms with van der Waals surface area (Å²) in [6.07, 6.45) is 7.32. The lowest BCUT2D eigenvalue weighted by Crippen LogP contribution is -2.56. The van der Waals surface area contributed by atoms with Crippen LogP contribution in [0.4, 0.5) is 0 Å². The van der Waals surface area contributed by atoms with Crippen LogP contribution >= 0.6 is 0 Å². The van der Waals surface area contributed by atoms with Crippen LogP contribution < -0.4 is 0 Å². The maximum Gasteiger partial charge on any atom is 0.222 e. The van der Waals surface area contributed by atoms with E-state index >= 15 is 0 Å². The Labute approximate surface area is 89.1 Å². The zero-order chi connectivity index (χ0) is 10.4. The number of hydrogen-bond acceptors (Lipinski definition) is 2. The fourth-order valence-electron chi connectivity index (χ4n) is 3.21. The summed E-state index contributed by atoms with van der Waals surface area (Å²) >= 11 is 0. The van der Waals surface area contributed by atoms with Gasteiger partial charge in [0, 0.05) is 24.9 Å². The Balaban J connectivity index is 1.94. The minimum atomic E-state index is 0.0954. The molecular formula is C12H15NO2. The van der Waals surface area contributed by atoms with E-state index in [9.17, 15) is 9.59 Å². The van der Waals surface area contributed by atoms with Gasteiger partial charge in [-0.2, -0.15) is 0 Å². The third-order valence-corrected chi connectivity index (χ3v) is 3.96. The molecule has 0 unspecified atom stereocenters. The van der Waals surface area contributed by atoms with E-state index in [1.165, 1.54) is 0 Å².